The number of carbonyl (C=O) groups is 1. The van der Waals surface area contributed by atoms with Crippen molar-refractivity contribution in [2.45, 2.75) is 25.4 Å². The molecule has 0 amide bonds. The van der Waals surface area contributed by atoms with Crippen molar-refractivity contribution in [1.29, 1.82) is 0 Å². The van der Waals surface area contributed by atoms with Gasteiger partial charge in [-0.3, -0.25) is 9.78 Å². The van der Waals surface area contributed by atoms with E-state index in [0.717, 1.165) is 23.1 Å². The van der Waals surface area contributed by atoms with E-state index in [0.29, 0.717) is 6.42 Å². The van der Waals surface area contributed by atoms with E-state index in [1.165, 1.54) is 11.1 Å². The predicted octanol–water partition coefficient (Wildman–Crippen LogP) is 2.67. The molecule has 20 heavy (non-hydrogen) atoms. The summed E-state index contributed by atoms with van der Waals surface area (Å²) < 4.78 is 0.929. The Morgan fingerprint density at radius 3 is 2.80 bits per heavy atom. The van der Waals surface area contributed by atoms with Gasteiger partial charge in [0.1, 0.15) is 0 Å². The summed E-state index contributed by atoms with van der Waals surface area (Å²) in [6.45, 7) is 0.764. The number of nitrogens with zero attached hydrogens (tertiary/aromatic N) is 1. The molecule has 0 saturated carbocycles. The minimum Gasteiger partial charge on any atom is -0.303 e. The van der Waals surface area contributed by atoms with Crippen molar-refractivity contribution in [3.63, 3.8) is 0 Å². The summed E-state index contributed by atoms with van der Waals surface area (Å²) in [5.74, 6) is 0.203. The fourth-order valence-electron chi connectivity index (χ4n) is 2.49. The Balaban J connectivity index is 1.68. The molecule has 1 aromatic carbocycles. The Labute approximate surface area is 126 Å². The number of ketones is 1. The highest BCUT2D eigenvalue weighted by Crippen LogP contribution is 2.17. The van der Waals surface area contributed by atoms with Crippen molar-refractivity contribution in [3.05, 3.63) is 63.9 Å². The lowest BCUT2D eigenvalue weighted by Crippen LogP contribution is -2.42. The van der Waals surface area contributed by atoms with Crippen LogP contribution in [-0.2, 0) is 24.2 Å². The van der Waals surface area contributed by atoms with Crippen LogP contribution in [0.5, 0.6) is 0 Å². The summed E-state index contributed by atoms with van der Waals surface area (Å²) in [4.78, 5) is 16.6. The number of nitrogens with one attached hydrogen (secondary N) is 1. The number of hydrogen-bond donors (Lipinski definition) is 1. The molecule has 2 aromatic rings. The van der Waals surface area contributed by atoms with E-state index in [1.807, 2.05) is 24.3 Å². The summed E-state index contributed by atoms with van der Waals surface area (Å²) in [6.07, 6.45) is 2.88. The molecule has 1 aromatic heterocycles. The van der Waals surface area contributed by atoms with Crippen molar-refractivity contribution in [2.24, 2.45) is 0 Å². The Morgan fingerprint density at radius 1 is 1.25 bits per heavy atom. The first kappa shape index (κ1) is 13.5. The van der Waals surface area contributed by atoms with Crippen LogP contribution in [-0.4, -0.2) is 16.8 Å². The quantitative estimate of drug-likeness (QED) is 0.940. The second kappa shape index (κ2) is 5.85. The van der Waals surface area contributed by atoms with E-state index in [2.05, 4.69) is 38.4 Å². The second-order valence-corrected chi connectivity index (χ2v) is 5.93. The molecule has 0 spiro atoms. The Kier molecular flexibility index (Phi) is 3.94. The molecule has 2 heterocycles. The first-order valence-corrected chi connectivity index (χ1v) is 7.45. The van der Waals surface area contributed by atoms with E-state index in [9.17, 15) is 4.79 Å². The summed E-state index contributed by atoms with van der Waals surface area (Å²) in [5.41, 5.74) is 3.38. The monoisotopic (exact) mass is 330 g/mol. The highest BCUT2D eigenvalue weighted by atomic mass is 79.9. The number of fused-ring (bicyclic) bond motifs is 1. The molecular weight excluding hydrogens is 316 g/mol. The molecule has 3 nitrogen and oxygen atoms in total. The molecule has 0 fully saturated rings. The van der Waals surface area contributed by atoms with Crippen LogP contribution < -0.4 is 5.32 Å². The lowest BCUT2D eigenvalue weighted by molar-refractivity contribution is -0.120. The highest BCUT2D eigenvalue weighted by Gasteiger charge is 2.23. The number of Topliss-reactive ketones (excluding diaryl/α,β-unsaturated/α-hetero) is 1. The first-order chi connectivity index (χ1) is 9.72. The third kappa shape index (κ3) is 2.97. The van der Waals surface area contributed by atoms with Gasteiger partial charge >= 0.3 is 0 Å². The molecule has 1 unspecified atom stereocenters. The maximum atomic E-state index is 12.3. The summed E-state index contributed by atoms with van der Waals surface area (Å²) >= 11 is 3.35. The Hall–Kier alpha value is -1.52. The SMILES string of the molecule is O=C(Cc1ccc(Br)cn1)C1Cc2ccccc2CN1. The number of aromatic nitrogens is 1. The van der Waals surface area contributed by atoms with Crippen LogP contribution in [0.25, 0.3) is 0 Å². The summed E-state index contributed by atoms with van der Waals surface area (Å²) in [6, 6.07) is 12.0. The summed E-state index contributed by atoms with van der Waals surface area (Å²) in [5, 5.41) is 3.32. The van der Waals surface area contributed by atoms with E-state index in [-0.39, 0.29) is 11.8 Å². The smallest absolute Gasteiger partial charge is 0.156 e. The van der Waals surface area contributed by atoms with Crippen molar-refractivity contribution in [2.75, 3.05) is 0 Å². The van der Waals surface area contributed by atoms with Gasteiger partial charge in [-0.25, -0.2) is 0 Å². The number of benzene rings is 1. The number of halogens is 1. The molecule has 0 aliphatic carbocycles. The number of hydrogen-bond acceptors (Lipinski definition) is 3. The van der Waals surface area contributed by atoms with Gasteiger partial charge < -0.3 is 5.32 Å². The molecule has 0 radical (unpaired) electrons. The molecule has 1 N–H and O–H groups in total. The van der Waals surface area contributed by atoms with Gasteiger partial charge in [0.05, 0.1) is 12.5 Å². The lowest BCUT2D eigenvalue weighted by Gasteiger charge is -2.25. The molecule has 1 aliphatic heterocycles. The molecule has 0 saturated heterocycles. The van der Waals surface area contributed by atoms with Crippen LogP contribution in [0.4, 0.5) is 0 Å². The normalized spacial score (nSPS) is 17.6. The molecule has 3 rings (SSSR count). The highest BCUT2D eigenvalue weighted by molar-refractivity contribution is 9.10. The van der Waals surface area contributed by atoms with E-state index < -0.39 is 0 Å². The van der Waals surface area contributed by atoms with Gasteiger partial charge in [0, 0.05) is 22.9 Å². The van der Waals surface area contributed by atoms with Crippen molar-refractivity contribution in [1.82, 2.24) is 10.3 Å². The van der Waals surface area contributed by atoms with Gasteiger partial charge in [0.25, 0.3) is 0 Å². The summed E-state index contributed by atoms with van der Waals surface area (Å²) in [7, 11) is 0. The Morgan fingerprint density at radius 2 is 2.05 bits per heavy atom. The third-order valence-corrected chi connectivity index (χ3v) is 4.08. The molecule has 1 atom stereocenters. The predicted molar refractivity (Wildman–Crippen MR) is 81.4 cm³/mol. The zero-order valence-electron chi connectivity index (χ0n) is 11.0. The van der Waals surface area contributed by atoms with Crippen LogP contribution >= 0.6 is 15.9 Å². The van der Waals surface area contributed by atoms with Crippen molar-refractivity contribution >= 4 is 21.7 Å². The molecule has 102 valence electrons. The fraction of sp³-hybridized carbons (Fsp3) is 0.250. The number of carbonyl (C=O) groups excluding carboxylic acids is 1. The first-order valence-electron chi connectivity index (χ1n) is 6.65. The number of rotatable bonds is 3. The Bertz CT molecular complexity index is 625. The van der Waals surface area contributed by atoms with Crippen molar-refractivity contribution < 1.29 is 4.79 Å². The molecular formula is C16H15BrN2O. The molecule has 0 bridgehead atoms. The lowest BCUT2D eigenvalue weighted by atomic mass is 9.92. The largest absolute Gasteiger partial charge is 0.303 e. The zero-order valence-corrected chi connectivity index (χ0v) is 12.6. The number of pyridine rings is 1. The molecule has 1 aliphatic rings. The van der Waals surface area contributed by atoms with Crippen LogP contribution in [0.15, 0.2) is 47.1 Å². The van der Waals surface area contributed by atoms with Gasteiger partial charge in [-0.2, -0.15) is 0 Å². The van der Waals surface area contributed by atoms with E-state index >= 15 is 0 Å². The maximum Gasteiger partial charge on any atom is 0.156 e. The van der Waals surface area contributed by atoms with Gasteiger partial charge in [0.15, 0.2) is 5.78 Å². The minimum absolute atomic E-state index is 0.102. The van der Waals surface area contributed by atoms with Crippen LogP contribution in [0, 0.1) is 0 Å². The average Bonchev–Trinajstić information content (AvgIpc) is 2.49. The van der Waals surface area contributed by atoms with E-state index in [4.69, 9.17) is 0 Å². The van der Waals surface area contributed by atoms with Crippen LogP contribution in [0.2, 0.25) is 0 Å². The fourth-order valence-corrected chi connectivity index (χ4v) is 2.73. The van der Waals surface area contributed by atoms with Crippen molar-refractivity contribution in [3.8, 4) is 0 Å². The third-order valence-electron chi connectivity index (χ3n) is 3.61. The zero-order chi connectivity index (χ0) is 13.9. The van der Waals surface area contributed by atoms with Gasteiger partial charge in [-0.05, 0) is 45.6 Å². The average molecular weight is 331 g/mol. The molecule has 4 heteroatoms. The standard InChI is InChI=1S/C16H15BrN2O/c17-13-5-6-14(18-10-13)8-16(20)15-7-11-3-1-2-4-12(11)9-19-15/h1-6,10,15,19H,7-9H2. The minimum atomic E-state index is -0.102. The van der Waals surface area contributed by atoms with Gasteiger partial charge in [-0.1, -0.05) is 24.3 Å². The van der Waals surface area contributed by atoms with Gasteiger partial charge in [0.2, 0.25) is 0 Å². The van der Waals surface area contributed by atoms with Crippen LogP contribution in [0.1, 0.15) is 16.8 Å². The van der Waals surface area contributed by atoms with E-state index in [1.54, 1.807) is 6.20 Å². The van der Waals surface area contributed by atoms with Gasteiger partial charge in [-0.15, -0.1) is 0 Å². The second-order valence-electron chi connectivity index (χ2n) is 5.02. The maximum absolute atomic E-state index is 12.3. The van der Waals surface area contributed by atoms with Crippen LogP contribution in [0.3, 0.4) is 0 Å². The topological polar surface area (TPSA) is 42.0 Å².